The van der Waals surface area contributed by atoms with Gasteiger partial charge in [0.1, 0.15) is 11.9 Å². The molecule has 0 saturated carbocycles. The first kappa shape index (κ1) is 20.3. The molecular weight excluding hydrogens is 432 g/mol. The molecule has 0 radical (unpaired) electrons. The molecule has 3 heterocycles. The number of imide groups is 1. The summed E-state index contributed by atoms with van der Waals surface area (Å²) in [6.07, 6.45) is -0.581. The molecule has 1 fully saturated rings. The van der Waals surface area contributed by atoms with E-state index >= 15 is 0 Å². The molecule has 2 aromatic carbocycles. The molecule has 3 amide bonds. The fourth-order valence-electron chi connectivity index (χ4n) is 4.26. The van der Waals surface area contributed by atoms with Crippen molar-refractivity contribution >= 4 is 29.5 Å². The molecule has 1 aromatic heterocycles. The number of carbonyl (C=O) groups is 2. The molecule has 0 bridgehead atoms. The molecule has 2 aliphatic rings. The number of likely N-dealkylation sites (N-methyl/N-ethyl adjacent to an activating group) is 1. The highest BCUT2D eigenvalue weighted by Crippen LogP contribution is 2.41. The number of anilines is 1. The lowest BCUT2D eigenvalue weighted by atomic mass is 10.1. The van der Waals surface area contributed by atoms with Crippen LogP contribution in [0.15, 0.2) is 48.5 Å². The van der Waals surface area contributed by atoms with Gasteiger partial charge < -0.3 is 14.5 Å². The van der Waals surface area contributed by atoms with E-state index in [1.807, 2.05) is 58.9 Å². The average molecular weight is 453 g/mol. The lowest BCUT2D eigenvalue weighted by molar-refractivity contribution is -0.124. The van der Waals surface area contributed by atoms with Gasteiger partial charge >= 0.3 is 6.03 Å². The highest BCUT2D eigenvalue weighted by Gasteiger charge is 2.52. The molecule has 2 atom stereocenters. The Balaban J connectivity index is 1.60. The van der Waals surface area contributed by atoms with Gasteiger partial charge in [0, 0.05) is 24.2 Å². The van der Waals surface area contributed by atoms with Crippen molar-refractivity contribution in [3.05, 3.63) is 59.1 Å². The Morgan fingerprint density at radius 2 is 1.91 bits per heavy atom. The van der Waals surface area contributed by atoms with E-state index in [2.05, 4.69) is 15.5 Å². The molecule has 9 nitrogen and oxygen atoms in total. The second-order valence-corrected chi connectivity index (χ2v) is 8.11. The van der Waals surface area contributed by atoms with Crippen LogP contribution in [-0.4, -0.2) is 51.3 Å². The smallest absolute Gasteiger partial charge is 0.325 e. The van der Waals surface area contributed by atoms with Gasteiger partial charge in [-0.25, -0.2) is 4.79 Å². The van der Waals surface area contributed by atoms with Gasteiger partial charge in [-0.15, -0.1) is 10.2 Å². The number of rotatable bonds is 5. The zero-order chi connectivity index (χ0) is 22.4. The second-order valence-electron chi connectivity index (χ2n) is 7.67. The SMILES string of the molecule is CCOc1ccc(-c2nnc3n2C2C(C(=O)NC(=O)N2C)N3Cc2cccc(Cl)c2)cc1. The first-order valence-electron chi connectivity index (χ1n) is 10.2. The lowest BCUT2D eigenvalue weighted by Gasteiger charge is -2.37. The summed E-state index contributed by atoms with van der Waals surface area (Å²) in [7, 11) is 1.66. The Bertz CT molecular complexity index is 1190. The summed E-state index contributed by atoms with van der Waals surface area (Å²) in [6.45, 7) is 2.89. The number of urea groups is 1. The maximum Gasteiger partial charge on any atom is 0.325 e. The van der Waals surface area contributed by atoms with Crippen LogP contribution in [-0.2, 0) is 11.3 Å². The Labute approximate surface area is 189 Å². The van der Waals surface area contributed by atoms with Crippen LogP contribution in [0.1, 0.15) is 18.7 Å². The van der Waals surface area contributed by atoms with Crippen molar-refractivity contribution in [3.63, 3.8) is 0 Å². The molecule has 0 spiro atoms. The summed E-state index contributed by atoms with van der Waals surface area (Å²) in [5, 5.41) is 11.9. The average Bonchev–Trinajstić information content (AvgIpc) is 3.32. The van der Waals surface area contributed by atoms with Crippen molar-refractivity contribution in [1.29, 1.82) is 0 Å². The number of nitrogens with zero attached hydrogens (tertiary/aromatic N) is 5. The van der Waals surface area contributed by atoms with Crippen LogP contribution in [0, 0.1) is 0 Å². The van der Waals surface area contributed by atoms with Crippen LogP contribution in [0.25, 0.3) is 11.4 Å². The van der Waals surface area contributed by atoms with Gasteiger partial charge in [0.05, 0.1) is 6.61 Å². The fourth-order valence-corrected chi connectivity index (χ4v) is 4.48. The number of hydrogen-bond donors (Lipinski definition) is 1. The van der Waals surface area contributed by atoms with Crippen LogP contribution in [0.3, 0.4) is 0 Å². The maximum atomic E-state index is 12.9. The molecule has 0 aliphatic carbocycles. The van der Waals surface area contributed by atoms with E-state index in [-0.39, 0.29) is 5.91 Å². The number of amides is 3. The minimum Gasteiger partial charge on any atom is -0.494 e. The van der Waals surface area contributed by atoms with Gasteiger partial charge in [0.25, 0.3) is 5.91 Å². The zero-order valence-electron chi connectivity index (χ0n) is 17.5. The van der Waals surface area contributed by atoms with Crippen LogP contribution >= 0.6 is 11.6 Å². The molecule has 2 unspecified atom stereocenters. The van der Waals surface area contributed by atoms with E-state index in [4.69, 9.17) is 16.3 Å². The third-order valence-corrected chi connectivity index (χ3v) is 5.93. The van der Waals surface area contributed by atoms with Gasteiger partial charge in [0.2, 0.25) is 5.95 Å². The molecule has 10 heteroatoms. The normalized spacial score (nSPS) is 19.6. The number of nitrogens with one attached hydrogen (secondary N) is 1. The number of aromatic nitrogens is 3. The minimum absolute atomic E-state index is 0.372. The lowest BCUT2D eigenvalue weighted by Crippen LogP contribution is -2.61. The Kier molecular flexibility index (Phi) is 4.97. The standard InChI is InChI=1S/C22H21ClN6O3/c1-3-32-16-9-7-14(8-10-16)18-25-26-21-28(12-13-5-4-6-15(23)11-13)17-19(30)24-22(31)27(2)20(17)29(18)21/h4-11,17,20H,3,12H2,1-2H3,(H,24,30,31). The summed E-state index contributed by atoms with van der Waals surface area (Å²) in [4.78, 5) is 28.7. The summed E-state index contributed by atoms with van der Waals surface area (Å²) >= 11 is 6.16. The van der Waals surface area contributed by atoms with Crippen molar-refractivity contribution < 1.29 is 14.3 Å². The third-order valence-electron chi connectivity index (χ3n) is 5.70. The zero-order valence-corrected chi connectivity index (χ0v) is 18.3. The van der Waals surface area contributed by atoms with Gasteiger partial charge in [-0.1, -0.05) is 23.7 Å². The molecular formula is C22H21ClN6O3. The van der Waals surface area contributed by atoms with E-state index in [0.717, 1.165) is 16.9 Å². The maximum absolute atomic E-state index is 12.9. The van der Waals surface area contributed by atoms with Gasteiger partial charge in [-0.05, 0) is 48.9 Å². The first-order chi connectivity index (χ1) is 15.5. The number of benzene rings is 2. The highest BCUT2D eigenvalue weighted by atomic mass is 35.5. The number of carbonyl (C=O) groups excluding carboxylic acids is 2. The van der Waals surface area contributed by atoms with Crippen LogP contribution < -0.4 is 15.0 Å². The second kappa shape index (κ2) is 7.83. The number of ether oxygens (including phenoxy) is 1. The van der Waals surface area contributed by atoms with Crippen LogP contribution in [0.4, 0.5) is 10.7 Å². The predicted molar refractivity (Wildman–Crippen MR) is 118 cm³/mol. The monoisotopic (exact) mass is 452 g/mol. The fraction of sp³-hybridized carbons (Fsp3) is 0.273. The molecule has 5 rings (SSSR count). The van der Waals surface area contributed by atoms with Gasteiger partial charge in [-0.3, -0.25) is 14.7 Å². The van der Waals surface area contributed by atoms with Crippen molar-refractivity contribution in [2.45, 2.75) is 25.7 Å². The predicted octanol–water partition coefficient (Wildman–Crippen LogP) is 3.07. The number of fused-ring (bicyclic) bond motifs is 3. The summed E-state index contributed by atoms with van der Waals surface area (Å²) in [6, 6.07) is 13.8. The molecule has 32 heavy (non-hydrogen) atoms. The minimum atomic E-state index is -0.649. The molecule has 164 valence electrons. The topological polar surface area (TPSA) is 92.6 Å². The molecule has 1 saturated heterocycles. The van der Waals surface area contributed by atoms with Crippen molar-refractivity contribution in [2.24, 2.45) is 0 Å². The Morgan fingerprint density at radius 1 is 1.12 bits per heavy atom. The highest BCUT2D eigenvalue weighted by molar-refractivity contribution is 6.30. The molecule has 1 N–H and O–H groups in total. The Hall–Kier alpha value is -3.59. The van der Waals surface area contributed by atoms with E-state index < -0.39 is 18.2 Å². The quantitative estimate of drug-likeness (QED) is 0.639. The summed E-state index contributed by atoms with van der Waals surface area (Å²) in [5.74, 6) is 1.46. The van der Waals surface area contributed by atoms with Crippen molar-refractivity contribution in [1.82, 2.24) is 25.0 Å². The van der Waals surface area contributed by atoms with E-state index in [0.29, 0.717) is 29.9 Å². The first-order valence-corrected chi connectivity index (χ1v) is 10.6. The third kappa shape index (κ3) is 3.25. The van der Waals surface area contributed by atoms with E-state index in [9.17, 15) is 9.59 Å². The van der Waals surface area contributed by atoms with Crippen molar-refractivity contribution in [2.75, 3.05) is 18.6 Å². The summed E-state index contributed by atoms with van der Waals surface area (Å²) in [5.41, 5.74) is 1.73. The summed E-state index contributed by atoms with van der Waals surface area (Å²) < 4.78 is 7.38. The van der Waals surface area contributed by atoms with E-state index in [1.54, 1.807) is 13.1 Å². The number of hydrogen-bond acceptors (Lipinski definition) is 6. The van der Waals surface area contributed by atoms with Gasteiger partial charge in [-0.2, -0.15) is 0 Å². The molecule has 2 aliphatic heterocycles. The largest absolute Gasteiger partial charge is 0.494 e. The van der Waals surface area contributed by atoms with Gasteiger partial charge in [0.15, 0.2) is 11.9 Å². The Morgan fingerprint density at radius 3 is 2.62 bits per heavy atom. The van der Waals surface area contributed by atoms with E-state index in [1.165, 1.54) is 4.90 Å². The number of halogens is 1. The molecule has 3 aromatic rings. The van der Waals surface area contributed by atoms with Crippen LogP contribution in [0.2, 0.25) is 5.02 Å². The van der Waals surface area contributed by atoms with Crippen LogP contribution in [0.5, 0.6) is 5.75 Å². The van der Waals surface area contributed by atoms with Crippen molar-refractivity contribution in [3.8, 4) is 17.1 Å².